The summed E-state index contributed by atoms with van der Waals surface area (Å²) in [4.78, 5) is 27.2. The van der Waals surface area contributed by atoms with Crippen molar-refractivity contribution in [2.45, 2.75) is 24.3 Å². The van der Waals surface area contributed by atoms with Gasteiger partial charge >= 0.3 is 0 Å². The van der Waals surface area contributed by atoms with Crippen molar-refractivity contribution in [3.05, 3.63) is 23.8 Å². The Morgan fingerprint density at radius 2 is 2.29 bits per heavy atom. The van der Waals surface area contributed by atoms with E-state index in [0.29, 0.717) is 12.0 Å². The Labute approximate surface area is 128 Å². The molecule has 0 bridgehead atoms. The number of piperazine rings is 1. The monoisotopic (exact) mass is 305 g/mol. The van der Waals surface area contributed by atoms with Crippen molar-refractivity contribution in [2.75, 3.05) is 30.7 Å². The number of carbonyl (C=O) groups is 2. The van der Waals surface area contributed by atoms with Crippen LogP contribution in [0.25, 0.3) is 0 Å². The van der Waals surface area contributed by atoms with Crippen LogP contribution >= 0.6 is 11.8 Å². The summed E-state index contributed by atoms with van der Waals surface area (Å²) in [5.74, 6) is 0.831. The minimum absolute atomic E-state index is 0.0152. The third-order valence-corrected chi connectivity index (χ3v) is 4.92. The molecule has 0 unspecified atom stereocenters. The van der Waals surface area contributed by atoms with Crippen LogP contribution in [0.3, 0.4) is 0 Å². The Bertz CT molecular complexity index is 576. The lowest BCUT2D eigenvalue weighted by molar-refractivity contribution is -0.115. The Hall–Kier alpha value is -1.53. The summed E-state index contributed by atoms with van der Waals surface area (Å²) in [6.45, 7) is 4.42. The van der Waals surface area contributed by atoms with E-state index in [1.54, 1.807) is 11.8 Å². The summed E-state index contributed by atoms with van der Waals surface area (Å²) >= 11 is 1.65. The van der Waals surface area contributed by atoms with E-state index in [1.807, 2.05) is 30.0 Å². The molecule has 1 aromatic carbocycles. The number of rotatable bonds is 1. The number of hydrogen-bond donors (Lipinski definition) is 2. The first-order valence-electron chi connectivity index (χ1n) is 7.23. The van der Waals surface area contributed by atoms with Gasteiger partial charge in [0, 0.05) is 48.3 Å². The molecule has 2 aliphatic rings. The van der Waals surface area contributed by atoms with Crippen LogP contribution in [0.1, 0.15) is 23.7 Å². The molecule has 2 N–H and O–H groups in total. The molecule has 0 saturated carbocycles. The smallest absolute Gasteiger partial charge is 0.254 e. The van der Waals surface area contributed by atoms with Crippen molar-refractivity contribution in [1.82, 2.24) is 10.2 Å². The zero-order valence-electron chi connectivity index (χ0n) is 12.0. The molecule has 0 spiro atoms. The van der Waals surface area contributed by atoms with Gasteiger partial charge in [-0.25, -0.2) is 0 Å². The van der Waals surface area contributed by atoms with E-state index >= 15 is 0 Å². The van der Waals surface area contributed by atoms with Gasteiger partial charge in [-0.05, 0) is 25.1 Å². The van der Waals surface area contributed by atoms with Crippen molar-refractivity contribution >= 4 is 29.3 Å². The summed E-state index contributed by atoms with van der Waals surface area (Å²) in [6.07, 6.45) is 0.511. The Kier molecular flexibility index (Phi) is 4.17. The van der Waals surface area contributed by atoms with Crippen LogP contribution in [-0.4, -0.2) is 48.1 Å². The second-order valence-corrected chi connectivity index (χ2v) is 6.55. The minimum atomic E-state index is 0.0152. The molecular weight excluding hydrogens is 286 g/mol. The third kappa shape index (κ3) is 3.06. The number of nitrogens with one attached hydrogen (secondary N) is 2. The zero-order valence-corrected chi connectivity index (χ0v) is 12.8. The lowest BCUT2D eigenvalue weighted by Crippen LogP contribution is -2.52. The molecule has 0 aromatic heterocycles. The Morgan fingerprint density at radius 1 is 1.43 bits per heavy atom. The first-order valence-corrected chi connectivity index (χ1v) is 8.22. The van der Waals surface area contributed by atoms with E-state index in [9.17, 15) is 9.59 Å². The molecule has 5 nitrogen and oxygen atoms in total. The van der Waals surface area contributed by atoms with Gasteiger partial charge in [-0.3, -0.25) is 9.59 Å². The van der Waals surface area contributed by atoms with Gasteiger partial charge < -0.3 is 15.5 Å². The fraction of sp³-hybridized carbons (Fsp3) is 0.467. The van der Waals surface area contributed by atoms with Gasteiger partial charge in [0.05, 0.1) is 5.69 Å². The van der Waals surface area contributed by atoms with E-state index in [-0.39, 0.29) is 17.9 Å². The fourth-order valence-corrected chi connectivity index (χ4v) is 3.60. The van der Waals surface area contributed by atoms with E-state index < -0.39 is 0 Å². The van der Waals surface area contributed by atoms with Crippen LogP contribution in [0.4, 0.5) is 5.69 Å². The molecule has 21 heavy (non-hydrogen) atoms. The standard InChI is InChI=1S/C15H19N3O2S/c1-10-9-16-5-6-18(10)15(20)11-2-3-13-12(8-11)17-14(19)4-7-21-13/h2-3,8,10,16H,4-7,9H2,1H3,(H,17,19)/t10-/m0/s1. The van der Waals surface area contributed by atoms with Gasteiger partial charge in [0.1, 0.15) is 0 Å². The molecule has 1 fully saturated rings. The maximum absolute atomic E-state index is 12.6. The summed E-state index contributed by atoms with van der Waals surface area (Å²) in [5.41, 5.74) is 1.40. The maximum Gasteiger partial charge on any atom is 0.254 e. The fourth-order valence-electron chi connectivity index (χ4n) is 2.66. The van der Waals surface area contributed by atoms with Crippen LogP contribution in [-0.2, 0) is 4.79 Å². The van der Waals surface area contributed by atoms with E-state index in [2.05, 4.69) is 10.6 Å². The highest BCUT2D eigenvalue weighted by Gasteiger charge is 2.25. The molecule has 3 rings (SSSR count). The molecule has 1 atom stereocenters. The van der Waals surface area contributed by atoms with Gasteiger partial charge in [0.2, 0.25) is 5.91 Å². The number of carbonyl (C=O) groups excluding carboxylic acids is 2. The zero-order chi connectivity index (χ0) is 14.8. The van der Waals surface area contributed by atoms with Crippen molar-refractivity contribution in [2.24, 2.45) is 0 Å². The SMILES string of the molecule is C[C@H]1CNCCN1C(=O)c1ccc2c(c1)NC(=O)CCS2. The third-order valence-electron chi connectivity index (χ3n) is 3.85. The summed E-state index contributed by atoms with van der Waals surface area (Å²) < 4.78 is 0. The van der Waals surface area contributed by atoms with Crippen LogP contribution < -0.4 is 10.6 Å². The van der Waals surface area contributed by atoms with Crippen LogP contribution in [0.15, 0.2) is 23.1 Å². The van der Waals surface area contributed by atoms with E-state index in [4.69, 9.17) is 0 Å². The Morgan fingerprint density at radius 3 is 3.10 bits per heavy atom. The highest BCUT2D eigenvalue weighted by atomic mass is 32.2. The molecule has 1 saturated heterocycles. The summed E-state index contributed by atoms with van der Waals surface area (Å²) in [7, 11) is 0. The predicted octanol–water partition coefficient (Wildman–Crippen LogP) is 1.55. The van der Waals surface area contributed by atoms with Crippen LogP contribution in [0, 0.1) is 0 Å². The number of fused-ring (bicyclic) bond motifs is 1. The normalized spacial score (nSPS) is 22.2. The molecular formula is C15H19N3O2S. The summed E-state index contributed by atoms with van der Waals surface area (Å²) in [6, 6.07) is 5.79. The highest BCUT2D eigenvalue weighted by Crippen LogP contribution is 2.31. The maximum atomic E-state index is 12.6. The van der Waals surface area contributed by atoms with Crippen LogP contribution in [0.5, 0.6) is 0 Å². The average Bonchev–Trinajstić information content (AvgIpc) is 2.66. The molecule has 1 aromatic rings. The van der Waals surface area contributed by atoms with Gasteiger partial charge in [-0.15, -0.1) is 11.8 Å². The van der Waals surface area contributed by atoms with Gasteiger partial charge in [-0.1, -0.05) is 0 Å². The first-order chi connectivity index (χ1) is 10.1. The highest BCUT2D eigenvalue weighted by molar-refractivity contribution is 7.99. The Balaban J connectivity index is 1.85. The number of nitrogens with zero attached hydrogens (tertiary/aromatic N) is 1. The van der Waals surface area contributed by atoms with Gasteiger partial charge in [-0.2, -0.15) is 0 Å². The summed E-state index contributed by atoms with van der Waals surface area (Å²) in [5, 5.41) is 6.17. The number of thioether (sulfide) groups is 1. The number of amides is 2. The molecule has 2 amide bonds. The second-order valence-electron chi connectivity index (χ2n) is 5.41. The first kappa shape index (κ1) is 14.4. The molecule has 112 valence electrons. The molecule has 6 heteroatoms. The van der Waals surface area contributed by atoms with Crippen molar-refractivity contribution in [3.63, 3.8) is 0 Å². The molecule has 2 aliphatic heterocycles. The topological polar surface area (TPSA) is 61.4 Å². The predicted molar refractivity (Wildman–Crippen MR) is 83.8 cm³/mol. The lowest BCUT2D eigenvalue weighted by atomic mass is 10.1. The van der Waals surface area contributed by atoms with Gasteiger partial charge in [0.25, 0.3) is 5.91 Å². The van der Waals surface area contributed by atoms with E-state index in [0.717, 1.165) is 36.0 Å². The van der Waals surface area contributed by atoms with Crippen LogP contribution in [0.2, 0.25) is 0 Å². The largest absolute Gasteiger partial charge is 0.333 e. The van der Waals surface area contributed by atoms with Crippen molar-refractivity contribution in [3.8, 4) is 0 Å². The van der Waals surface area contributed by atoms with Crippen molar-refractivity contribution < 1.29 is 9.59 Å². The second kappa shape index (κ2) is 6.07. The minimum Gasteiger partial charge on any atom is -0.333 e. The molecule has 0 radical (unpaired) electrons. The number of anilines is 1. The lowest BCUT2D eigenvalue weighted by Gasteiger charge is -2.34. The van der Waals surface area contributed by atoms with E-state index in [1.165, 1.54) is 0 Å². The number of benzene rings is 1. The molecule has 2 heterocycles. The van der Waals surface area contributed by atoms with Gasteiger partial charge in [0.15, 0.2) is 0 Å². The quantitative estimate of drug-likeness (QED) is 0.826. The average molecular weight is 305 g/mol. The van der Waals surface area contributed by atoms with Crippen molar-refractivity contribution in [1.29, 1.82) is 0 Å². The number of hydrogen-bond acceptors (Lipinski definition) is 4. The molecule has 0 aliphatic carbocycles.